The summed E-state index contributed by atoms with van der Waals surface area (Å²) >= 11 is 0. The average molecular weight is 464 g/mol. The van der Waals surface area contributed by atoms with Gasteiger partial charge in [0.05, 0.1) is 6.07 Å². The van der Waals surface area contributed by atoms with Gasteiger partial charge in [0.2, 0.25) is 0 Å². The number of benzene rings is 1. The summed E-state index contributed by atoms with van der Waals surface area (Å²) in [5.41, 5.74) is 0.876. The fourth-order valence-electron chi connectivity index (χ4n) is 4.00. The number of unbranched alkanes of at least 4 members (excludes halogenated alkanes) is 7. The summed E-state index contributed by atoms with van der Waals surface area (Å²) in [7, 11) is 0. The maximum atomic E-state index is 12.6. The third-order valence-electron chi connectivity index (χ3n) is 6.50. The van der Waals surface area contributed by atoms with Crippen LogP contribution in [-0.2, 0) is 11.2 Å². The van der Waals surface area contributed by atoms with Crippen LogP contribution in [-0.4, -0.2) is 15.9 Å². The van der Waals surface area contributed by atoms with Crippen molar-refractivity contribution >= 4 is 5.97 Å². The van der Waals surface area contributed by atoms with E-state index >= 15 is 0 Å². The molecule has 0 saturated carbocycles. The summed E-state index contributed by atoms with van der Waals surface area (Å²) in [5, 5.41) is 9.55. The maximum Gasteiger partial charge on any atom is 0.331 e. The minimum absolute atomic E-state index is 0.273. The van der Waals surface area contributed by atoms with Gasteiger partial charge in [-0.2, -0.15) is 5.26 Å². The van der Waals surface area contributed by atoms with Crippen molar-refractivity contribution in [1.82, 2.24) is 9.97 Å². The Morgan fingerprint density at radius 3 is 2.15 bits per heavy atom. The van der Waals surface area contributed by atoms with E-state index in [2.05, 4.69) is 29.9 Å². The largest absolute Gasteiger partial charge is 0.425 e. The molecule has 0 N–H and O–H groups in total. The molecule has 0 saturated heterocycles. The van der Waals surface area contributed by atoms with E-state index in [4.69, 9.17) is 4.74 Å². The molecule has 0 amide bonds. The Hall–Kier alpha value is -2.74. The summed E-state index contributed by atoms with van der Waals surface area (Å²) in [6, 6.07) is 9.28. The van der Waals surface area contributed by atoms with Crippen molar-refractivity contribution in [3.63, 3.8) is 0 Å². The van der Waals surface area contributed by atoms with Crippen LogP contribution in [0, 0.1) is 22.7 Å². The van der Waals surface area contributed by atoms with E-state index in [0.717, 1.165) is 24.0 Å². The molecule has 2 aromatic rings. The summed E-state index contributed by atoms with van der Waals surface area (Å²) < 4.78 is 5.51. The zero-order chi connectivity index (χ0) is 24.8. The van der Waals surface area contributed by atoms with Gasteiger partial charge in [0.1, 0.15) is 5.75 Å². The van der Waals surface area contributed by atoms with Gasteiger partial charge in [-0.3, -0.25) is 0 Å². The number of nitrogens with zero attached hydrogens (tertiary/aromatic N) is 3. The van der Waals surface area contributed by atoms with Gasteiger partial charge in [-0.15, -0.1) is 0 Å². The van der Waals surface area contributed by atoms with Crippen molar-refractivity contribution in [1.29, 1.82) is 5.26 Å². The number of aryl methyl sites for hydroxylation is 1. The molecular weight excluding hydrogens is 422 g/mol. The first-order valence-electron chi connectivity index (χ1n) is 13.0. The monoisotopic (exact) mass is 463 g/mol. The molecule has 1 aromatic heterocycles. The minimum Gasteiger partial charge on any atom is -0.425 e. The van der Waals surface area contributed by atoms with Crippen LogP contribution in [0.1, 0.15) is 97.5 Å². The normalized spacial score (nSPS) is 13.6. The van der Waals surface area contributed by atoms with Gasteiger partial charge in [0, 0.05) is 18.0 Å². The Balaban J connectivity index is 1.84. The molecule has 5 nitrogen and oxygen atoms in total. The number of esters is 1. The van der Waals surface area contributed by atoms with Crippen LogP contribution in [0.2, 0.25) is 0 Å². The fraction of sp³-hybridized carbons (Fsp3) is 0.586. The van der Waals surface area contributed by atoms with Gasteiger partial charge >= 0.3 is 5.97 Å². The van der Waals surface area contributed by atoms with Crippen molar-refractivity contribution in [2.75, 3.05) is 0 Å². The summed E-state index contributed by atoms with van der Waals surface area (Å²) in [6.45, 7) is 8.00. The third kappa shape index (κ3) is 8.89. The van der Waals surface area contributed by atoms with E-state index in [-0.39, 0.29) is 5.92 Å². The van der Waals surface area contributed by atoms with Gasteiger partial charge in [0.25, 0.3) is 0 Å². The van der Waals surface area contributed by atoms with Gasteiger partial charge in [-0.1, -0.05) is 72.1 Å². The summed E-state index contributed by atoms with van der Waals surface area (Å²) in [4.78, 5) is 21.7. The first-order valence-corrected chi connectivity index (χ1v) is 13.0. The molecule has 2 unspecified atom stereocenters. The molecule has 0 aliphatic rings. The van der Waals surface area contributed by atoms with Gasteiger partial charge in [0.15, 0.2) is 11.2 Å². The SMILES string of the molecule is CCCCCCCCCCc1cnc(-c2ccc(OC(=O)C(C)(C#N)CC(C)CC)cc2)nc1. The molecule has 0 spiro atoms. The van der Waals surface area contributed by atoms with Gasteiger partial charge in [-0.25, -0.2) is 14.8 Å². The Morgan fingerprint density at radius 2 is 1.59 bits per heavy atom. The molecule has 34 heavy (non-hydrogen) atoms. The number of hydrogen-bond acceptors (Lipinski definition) is 5. The molecule has 0 radical (unpaired) electrons. The van der Waals surface area contributed by atoms with Gasteiger partial charge in [-0.05, 0) is 61.9 Å². The third-order valence-corrected chi connectivity index (χ3v) is 6.50. The van der Waals surface area contributed by atoms with Crippen molar-refractivity contribution < 1.29 is 9.53 Å². The maximum absolute atomic E-state index is 12.6. The lowest BCUT2D eigenvalue weighted by Gasteiger charge is -2.22. The second-order valence-electron chi connectivity index (χ2n) is 9.72. The van der Waals surface area contributed by atoms with Crippen LogP contribution >= 0.6 is 0 Å². The van der Waals surface area contributed by atoms with Crippen molar-refractivity contribution in [2.24, 2.45) is 11.3 Å². The number of ether oxygens (including phenoxy) is 1. The average Bonchev–Trinajstić information content (AvgIpc) is 2.86. The smallest absolute Gasteiger partial charge is 0.331 e. The molecule has 5 heteroatoms. The number of carbonyl (C=O) groups excluding carboxylic acids is 1. The first kappa shape index (κ1) is 27.5. The molecule has 0 bridgehead atoms. The van der Waals surface area contributed by atoms with Crippen molar-refractivity contribution in [3.05, 3.63) is 42.2 Å². The lowest BCUT2D eigenvalue weighted by Crippen LogP contribution is -2.32. The lowest BCUT2D eigenvalue weighted by atomic mass is 9.82. The molecule has 0 aliphatic carbocycles. The Labute approximate surface area is 206 Å². The van der Waals surface area contributed by atoms with Gasteiger partial charge < -0.3 is 4.74 Å². The number of aromatic nitrogens is 2. The van der Waals surface area contributed by atoms with E-state index in [1.807, 2.05) is 31.5 Å². The van der Waals surface area contributed by atoms with E-state index < -0.39 is 11.4 Å². The van der Waals surface area contributed by atoms with E-state index in [0.29, 0.717) is 18.0 Å². The molecule has 0 aliphatic heterocycles. The van der Waals surface area contributed by atoms with E-state index in [1.54, 1.807) is 19.1 Å². The predicted molar refractivity (Wildman–Crippen MR) is 137 cm³/mol. The predicted octanol–water partition coefficient (Wildman–Crippen LogP) is 7.70. The zero-order valence-electron chi connectivity index (χ0n) is 21.5. The highest BCUT2D eigenvalue weighted by Gasteiger charge is 2.36. The molecule has 2 rings (SSSR count). The zero-order valence-corrected chi connectivity index (χ0v) is 21.5. The molecule has 184 valence electrons. The molecule has 2 atom stereocenters. The Morgan fingerprint density at radius 1 is 1.00 bits per heavy atom. The minimum atomic E-state index is -1.15. The Kier molecular flexibility index (Phi) is 11.7. The van der Waals surface area contributed by atoms with E-state index in [9.17, 15) is 10.1 Å². The highest BCUT2D eigenvalue weighted by Crippen LogP contribution is 2.30. The molecule has 0 fully saturated rings. The van der Waals surface area contributed by atoms with Crippen LogP contribution in [0.5, 0.6) is 5.75 Å². The second kappa shape index (κ2) is 14.5. The highest BCUT2D eigenvalue weighted by atomic mass is 16.5. The van der Waals surface area contributed by atoms with Crippen LogP contribution in [0.4, 0.5) is 0 Å². The fourth-order valence-corrected chi connectivity index (χ4v) is 4.00. The lowest BCUT2D eigenvalue weighted by molar-refractivity contribution is -0.142. The van der Waals surface area contributed by atoms with Crippen molar-refractivity contribution in [2.45, 2.75) is 98.3 Å². The number of hydrogen-bond donors (Lipinski definition) is 0. The van der Waals surface area contributed by atoms with Crippen LogP contribution in [0.25, 0.3) is 11.4 Å². The topological polar surface area (TPSA) is 75.9 Å². The molecular formula is C29H41N3O2. The van der Waals surface area contributed by atoms with E-state index in [1.165, 1.54) is 51.4 Å². The quantitative estimate of drug-likeness (QED) is 0.154. The van der Waals surface area contributed by atoms with Crippen molar-refractivity contribution in [3.8, 4) is 23.2 Å². The Bertz CT molecular complexity index is 902. The number of nitriles is 1. The highest BCUT2D eigenvalue weighted by molar-refractivity contribution is 5.81. The number of rotatable bonds is 15. The first-order chi connectivity index (χ1) is 16.4. The van der Waals surface area contributed by atoms with Crippen LogP contribution < -0.4 is 4.74 Å². The van der Waals surface area contributed by atoms with Crippen LogP contribution in [0.3, 0.4) is 0 Å². The standard InChI is InChI=1S/C29H41N3O2/c1-5-7-8-9-10-11-12-13-14-24-20-31-27(32-21-24)25-15-17-26(18-16-25)34-28(33)29(4,22-30)19-23(3)6-2/h15-18,20-21,23H,5-14,19H2,1-4H3. The molecule has 1 aromatic carbocycles. The van der Waals surface area contributed by atoms with Crippen LogP contribution in [0.15, 0.2) is 36.7 Å². The summed E-state index contributed by atoms with van der Waals surface area (Å²) in [6.07, 6.45) is 16.7. The number of carbonyl (C=O) groups is 1. The summed E-state index contributed by atoms with van der Waals surface area (Å²) in [5.74, 6) is 0.835. The second-order valence-corrected chi connectivity index (χ2v) is 9.72. The molecule has 1 heterocycles.